The minimum absolute atomic E-state index is 0.0778. The lowest BCUT2D eigenvalue weighted by Crippen LogP contribution is -2.43. The molecule has 1 N–H and O–H groups in total. The van der Waals surface area contributed by atoms with Crippen molar-refractivity contribution in [2.24, 2.45) is 5.92 Å². The highest BCUT2D eigenvalue weighted by molar-refractivity contribution is 8.00. The van der Waals surface area contributed by atoms with Crippen molar-refractivity contribution in [2.75, 3.05) is 30.9 Å². The predicted molar refractivity (Wildman–Crippen MR) is 154 cm³/mol. The van der Waals surface area contributed by atoms with Crippen LogP contribution < -0.4 is 15.0 Å². The molecule has 0 saturated heterocycles. The van der Waals surface area contributed by atoms with Gasteiger partial charge < -0.3 is 10.1 Å². The molecule has 0 aliphatic carbocycles. The summed E-state index contributed by atoms with van der Waals surface area (Å²) in [5.74, 6) is 1.60. The van der Waals surface area contributed by atoms with E-state index < -0.39 is 0 Å². The van der Waals surface area contributed by atoms with E-state index in [1.807, 2.05) is 68.4 Å². The van der Waals surface area contributed by atoms with E-state index in [1.54, 1.807) is 39.8 Å². The molecule has 0 unspecified atom stereocenters. The molecule has 7 nitrogen and oxygen atoms in total. The molecule has 196 valence electrons. The van der Waals surface area contributed by atoms with Gasteiger partial charge in [-0.25, -0.2) is 4.68 Å². The lowest BCUT2D eigenvalue weighted by Gasteiger charge is -2.23. The molecule has 4 aromatic rings. The molecule has 1 atom stereocenters. The molecule has 2 aromatic heterocycles. The lowest BCUT2D eigenvalue weighted by molar-refractivity contribution is -0.123. The largest absolute Gasteiger partial charge is 0.497 e. The van der Waals surface area contributed by atoms with Crippen molar-refractivity contribution in [1.82, 2.24) is 15.1 Å². The van der Waals surface area contributed by atoms with Crippen LogP contribution >= 0.6 is 23.1 Å². The third kappa shape index (κ3) is 5.35. The molecule has 0 saturated carbocycles. The highest BCUT2D eigenvalue weighted by Gasteiger charge is 2.37. The third-order valence-corrected chi connectivity index (χ3v) is 8.26. The molecule has 0 fully saturated rings. The fourth-order valence-corrected chi connectivity index (χ4v) is 6.40. The molecule has 0 radical (unpaired) electrons. The van der Waals surface area contributed by atoms with Crippen LogP contribution in [0.2, 0.25) is 0 Å². The Morgan fingerprint density at radius 3 is 2.55 bits per heavy atom. The van der Waals surface area contributed by atoms with Crippen LogP contribution in [0.15, 0.2) is 71.4 Å². The number of nitrogens with one attached hydrogen (secondary N) is 1. The Kier molecular flexibility index (Phi) is 7.85. The summed E-state index contributed by atoms with van der Waals surface area (Å²) in [6.07, 6.45) is 0. The number of fused-ring (bicyclic) bond motifs is 1. The second kappa shape index (κ2) is 11.4. The summed E-state index contributed by atoms with van der Waals surface area (Å²) in [7, 11) is 1.63. The van der Waals surface area contributed by atoms with Gasteiger partial charge in [0.1, 0.15) is 18.1 Å². The summed E-state index contributed by atoms with van der Waals surface area (Å²) >= 11 is 3.20. The normalized spacial score (nSPS) is 15.3. The zero-order chi connectivity index (χ0) is 26.6. The van der Waals surface area contributed by atoms with E-state index in [1.165, 1.54) is 0 Å². The van der Waals surface area contributed by atoms with Crippen molar-refractivity contribution in [3.63, 3.8) is 0 Å². The Hall–Kier alpha value is -3.56. The Balaban J connectivity index is 1.73. The van der Waals surface area contributed by atoms with Crippen LogP contribution in [0.3, 0.4) is 0 Å². The molecule has 2 amide bonds. The van der Waals surface area contributed by atoms with Gasteiger partial charge in [0.2, 0.25) is 11.8 Å². The van der Waals surface area contributed by atoms with Crippen LogP contribution in [0.1, 0.15) is 30.2 Å². The summed E-state index contributed by atoms with van der Waals surface area (Å²) < 4.78 is 7.17. The number of rotatable bonds is 8. The fourth-order valence-electron chi connectivity index (χ4n) is 4.44. The minimum atomic E-state index is -0.194. The number of carbonyl (C=O) groups is 2. The maximum absolute atomic E-state index is 13.7. The molecule has 0 spiro atoms. The van der Waals surface area contributed by atoms with Crippen molar-refractivity contribution in [3.05, 3.63) is 82.6 Å². The molecule has 0 bridgehead atoms. The number of ether oxygens (including phenoxy) is 1. The van der Waals surface area contributed by atoms with Gasteiger partial charge in [0.05, 0.1) is 29.5 Å². The Morgan fingerprint density at radius 2 is 1.89 bits per heavy atom. The van der Waals surface area contributed by atoms with E-state index in [4.69, 9.17) is 9.84 Å². The zero-order valence-corrected chi connectivity index (χ0v) is 23.2. The topological polar surface area (TPSA) is 76.5 Å². The summed E-state index contributed by atoms with van der Waals surface area (Å²) in [4.78, 5) is 28.3. The second-order valence-corrected chi connectivity index (χ2v) is 11.4. The van der Waals surface area contributed by atoms with Gasteiger partial charge in [0, 0.05) is 17.7 Å². The highest BCUT2D eigenvalue weighted by Crippen LogP contribution is 2.48. The second-order valence-electron chi connectivity index (χ2n) is 9.49. The van der Waals surface area contributed by atoms with Crippen molar-refractivity contribution in [3.8, 4) is 22.7 Å². The molecular weight excluding hydrogens is 516 g/mol. The van der Waals surface area contributed by atoms with Gasteiger partial charge in [-0.1, -0.05) is 44.2 Å². The number of thioether (sulfide) groups is 1. The van der Waals surface area contributed by atoms with E-state index in [0.717, 1.165) is 33.8 Å². The van der Waals surface area contributed by atoms with Gasteiger partial charge in [-0.15, -0.1) is 11.8 Å². The van der Waals surface area contributed by atoms with E-state index in [2.05, 4.69) is 22.1 Å². The number of nitrogens with zero attached hydrogens (tertiary/aromatic N) is 3. The Bertz CT molecular complexity index is 1400. The summed E-state index contributed by atoms with van der Waals surface area (Å²) in [5, 5.41) is 12.1. The quantitative estimate of drug-likeness (QED) is 0.314. The van der Waals surface area contributed by atoms with E-state index in [9.17, 15) is 9.59 Å². The van der Waals surface area contributed by atoms with Crippen molar-refractivity contribution >= 4 is 40.7 Å². The van der Waals surface area contributed by atoms with Crippen LogP contribution in [-0.4, -0.2) is 47.5 Å². The van der Waals surface area contributed by atoms with E-state index >= 15 is 0 Å². The van der Waals surface area contributed by atoms with Gasteiger partial charge in [-0.2, -0.15) is 16.4 Å². The van der Waals surface area contributed by atoms with E-state index in [0.29, 0.717) is 18.3 Å². The average Bonchev–Trinajstić information content (AvgIpc) is 3.58. The predicted octanol–water partition coefficient (Wildman–Crippen LogP) is 5.55. The Labute approximate surface area is 230 Å². The van der Waals surface area contributed by atoms with Crippen LogP contribution in [0.4, 0.5) is 5.82 Å². The smallest absolute Gasteiger partial charge is 0.240 e. The first-order valence-corrected chi connectivity index (χ1v) is 14.5. The number of hydrogen-bond acceptors (Lipinski definition) is 6. The van der Waals surface area contributed by atoms with Crippen molar-refractivity contribution in [2.45, 2.75) is 19.1 Å². The Morgan fingerprint density at radius 1 is 1.13 bits per heavy atom. The zero-order valence-electron chi connectivity index (χ0n) is 21.6. The number of anilines is 1. The SMILES string of the molecule is COc1ccc(-n2nc(-c3ccccc3)c3c2N(CC(=O)NCC(C)C)C(=O)CS[C@H]3c2ccsc2)cc1. The summed E-state index contributed by atoms with van der Waals surface area (Å²) in [5.41, 5.74) is 4.57. The number of carbonyl (C=O) groups excluding carboxylic acids is 2. The molecule has 3 heterocycles. The van der Waals surface area contributed by atoms with Gasteiger partial charge in [-0.05, 0) is 52.6 Å². The molecule has 5 rings (SSSR count). The van der Waals surface area contributed by atoms with Crippen LogP contribution in [0.5, 0.6) is 5.75 Å². The number of thiophene rings is 1. The van der Waals surface area contributed by atoms with Crippen molar-refractivity contribution < 1.29 is 14.3 Å². The summed E-state index contributed by atoms with van der Waals surface area (Å²) in [6.45, 7) is 4.56. The van der Waals surface area contributed by atoms with Crippen LogP contribution in [0.25, 0.3) is 16.9 Å². The molecule has 1 aliphatic rings. The maximum Gasteiger partial charge on any atom is 0.240 e. The number of benzene rings is 2. The summed E-state index contributed by atoms with van der Waals surface area (Å²) in [6, 6.07) is 19.7. The number of hydrogen-bond donors (Lipinski definition) is 1. The number of methoxy groups -OCH3 is 1. The first-order chi connectivity index (χ1) is 18.5. The molecule has 2 aromatic carbocycles. The molecular formula is C29H30N4O3S2. The monoisotopic (exact) mass is 546 g/mol. The first kappa shape index (κ1) is 26.1. The fraction of sp³-hybridized carbons (Fsp3) is 0.276. The number of aromatic nitrogens is 2. The van der Waals surface area contributed by atoms with Gasteiger partial charge in [0.25, 0.3) is 0 Å². The highest BCUT2D eigenvalue weighted by atomic mass is 32.2. The van der Waals surface area contributed by atoms with Crippen LogP contribution in [-0.2, 0) is 9.59 Å². The molecule has 38 heavy (non-hydrogen) atoms. The van der Waals surface area contributed by atoms with Crippen LogP contribution in [0, 0.1) is 5.92 Å². The number of amides is 2. The van der Waals surface area contributed by atoms with Crippen molar-refractivity contribution in [1.29, 1.82) is 0 Å². The standard InChI is InChI=1S/C29H30N4O3S2/c1-19(2)15-30-24(34)16-32-25(35)18-38-28(21-13-14-37-17-21)26-27(20-7-5-4-6-8-20)31-33(29(26)32)22-9-11-23(36-3)12-10-22/h4-14,17,19,28H,15-16,18H2,1-3H3,(H,30,34)/t28-/m0/s1. The minimum Gasteiger partial charge on any atom is -0.497 e. The van der Waals surface area contributed by atoms with Gasteiger partial charge in [-0.3, -0.25) is 14.5 Å². The van der Waals surface area contributed by atoms with Gasteiger partial charge in [0.15, 0.2) is 0 Å². The third-order valence-electron chi connectivity index (χ3n) is 6.31. The molecule has 1 aliphatic heterocycles. The molecule has 9 heteroatoms. The lowest BCUT2D eigenvalue weighted by atomic mass is 10.0. The van der Waals surface area contributed by atoms with Gasteiger partial charge >= 0.3 is 0 Å². The maximum atomic E-state index is 13.7. The first-order valence-electron chi connectivity index (χ1n) is 12.5. The average molecular weight is 547 g/mol. The van der Waals surface area contributed by atoms with E-state index in [-0.39, 0.29) is 29.4 Å².